The van der Waals surface area contributed by atoms with Crippen LogP contribution in [0.25, 0.3) is 0 Å². The van der Waals surface area contributed by atoms with E-state index in [1.807, 2.05) is 20.8 Å². The third-order valence-corrected chi connectivity index (χ3v) is 3.65. The fourth-order valence-corrected chi connectivity index (χ4v) is 2.53. The van der Waals surface area contributed by atoms with E-state index in [9.17, 15) is 13.6 Å². The molecule has 23 heavy (non-hydrogen) atoms. The molecule has 0 radical (unpaired) electrons. The summed E-state index contributed by atoms with van der Waals surface area (Å²) in [6, 6.07) is 3.10. The SMILES string of the molecule is CC(C)(C)NC(=O)O[C@H]1CC(=CBr)O[C@@H]1c1cc(F)ccc1F. The van der Waals surface area contributed by atoms with E-state index in [0.717, 1.165) is 18.2 Å². The molecule has 126 valence electrons. The van der Waals surface area contributed by atoms with Crippen LogP contribution in [0.1, 0.15) is 38.9 Å². The van der Waals surface area contributed by atoms with E-state index in [1.54, 1.807) is 0 Å². The Balaban J connectivity index is 2.22. The number of hydrogen-bond acceptors (Lipinski definition) is 3. The fourth-order valence-electron chi connectivity index (χ4n) is 2.24. The zero-order chi connectivity index (χ0) is 17.2. The third kappa shape index (κ3) is 4.67. The molecular weight excluding hydrogens is 372 g/mol. The Labute approximate surface area is 142 Å². The second kappa shape index (κ2) is 6.86. The molecule has 1 saturated heterocycles. The highest BCUT2D eigenvalue weighted by Gasteiger charge is 2.38. The molecule has 7 heteroatoms. The first-order valence-electron chi connectivity index (χ1n) is 7.09. The number of carbonyl (C=O) groups is 1. The van der Waals surface area contributed by atoms with Gasteiger partial charge in [0.05, 0.1) is 0 Å². The minimum Gasteiger partial charge on any atom is -0.485 e. The summed E-state index contributed by atoms with van der Waals surface area (Å²) in [7, 11) is 0. The average molecular weight is 390 g/mol. The zero-order valence-electron chi connectivity index (χ0n) is 13.0. The lowest BCUT2D eigenvalue weighted by molar-refractivity contribution is 0.0315. The number of nitrogens with one attached hydrogen (secondary N) is 1. The highest BCUT2D eigenvalue weighted by Crippen LogP contribution is 2.39. The van der Waals surface area contributed by atoms with Gasteiger partial charge in [-0.25, -0.2) is 13.6 Å². The fraction of sp³-hybridized carbons (Fsp3) is 0.438. The van der Waals surface area contributed by atoms with Crippen LogP contribution in [0.4, 0.5) is 13.6 Å². The van der Waals surface area contributed by atoms with Gasteiger partial charge in [-0.15, -0.1) is 0 Å². The molecule has 2 atom stereocenters. The van der Waals surface area contributed by atoms with Crippen molar-refractivity contribution in [1.82, 2.24) is 5.32 Å². The predicted octanol–water partition coefficient (Wildman–Crippen LogP) is 4.56. The maximum Gasteiger partial charge on any atom is 0.407 e. The summed E-state index contributed by atoms with van der Waals surface area (Å²) in [5, 5.41) is 2.66. The smallest absolute Gasteiger partial charge is 0.407 e. The summed E-state index contributed by atoms with van der Waals surface area (Å²) >= 11 is 3.14. The van der Waals surface area contributed by atoms with Crippen LogP contribution in [0.2, 0.25) is 0 Å². The van der Waals surface area contributed by atoms with Crippen LogP contribution in [0, 0.1) is 11.6 Å². The summed E-state index contributed by atoms with van der Waals surface area (Å²) < 4.78 is 38.4. The van der Waals surface area contributed by atoms with Gasteiger partial charge in [-0.05, 0) is 39.0 Å². The van der Waals surface area contributed by atoms with Gasteiger partial charge in [-0.2, -0.15) is 0 Å². The van der Waals surface area contributed by atoms with Gasteiger partial charge in [-0.3, -0.25) is 0 Å². The van der Waals surface area contributed by atoms with Crippen molar-refractivity contribution in [3.05, 3.63) is 46.1 Å². The molecule has 1 aromatic carbocycles. The van der Waals surface area contributed by atoms with Gasteiger partial charge in [-0.1, -0.05) is 15.9 Å². The lowest BCUT2D eigenvalue weighted by Gasteiger charge is -2.24. The molecule has 0 aliphatic carbocycles. The minimum absolute atomic E-state index is 0.0166. The molecule has 1 aromatic rings. The van der Waals surface area contributed by atoms with Gasteiger partial charge in [0.25, 0.3) is 0 Å². The molecule has 4 nitrogen and oxygen atoms in total. The molecule has 1 aliphatic rings. The first-order valence-corrected chi connectivity index (χ1v) is 8.01. The van der Waals surface area contributed by atoms with Crippen molar-refractivity contribution in [2.24, 2.45) is 0 Å². The standard InChI is InChI=1S/C16H18BrF2NO3/c1-16(2,3)20-15(21)23-13-7-10(8-17)22-14(13)11-6-9(18)4-5-12(11)19/h4-6,8,13-14H,7H2,1-3H3,(H,20,21)/t13-,14+/m0/s1. The lowest BCUT2D eigenvalue weighted by Crippen LogP contribution is -2.42. The minimum atomic E-state index is -0.903. The van der Waals surface area contributed by atoms with E-state index in [-0.39, 0.29) is 12.0 Å². The number of alkyl carbamates (subject to hydrolysis) is 1. The quantitative estimate of drug-likeness (QED) is 0.806. The molecule has 1 heterocycles. The van der Waals surface area contributed by atoms with Crippen molar-refractivity contribution in [2.45, 2.75) is 44.9 Å². The monoisotopic (exact) mass is 389 g/mol. The van der Waals surface area contributed by atoms with E-state index < -0.39 is 35.5 Å². The van der Waals surface area contributed by atoms with Crippen molar-refractivity contribution in [2.75, 3.05) is 0 Å². The predicted molar refractivity (Wildman–Crippen MR) is 85.0 cm³/mol. The van der Waals surface area contributed by atoms with Crippen molar-refractivity contribution in [3.8, 4) is 0 Å². The largest absolute Gasteiger partial charge is 0.485 e. The maximum absolute atomic E-state index is 14.0. The summed E-state index contributed by atoms with van der Waals surface area (Å²) in [6.45, 7) is 5.44. The molecule has 2 rings (SSSR count). The molecule has 0 aromatic heterocycles. The molecule has 1 fully saturated rings. The number of benzene rings is 1. The summed E-state index contributed by atoms with van der Waals surface area (Å²) in [5.74, 6) is -0.705. The maximum atomic E-state index is 14.0. The molecular formula is C16H18BrF2NO3. The highest BCUT2D eigenvalue weighted by atomic mass is 79.9. The van der Waals surface area contributed by atoms with Crippen LogP contribution in [-0.4, -0.2) is 17.7 Å². The van der Waals surface area contributed by atoms with Gasteiger partial charge in [0, 0.05) is 22.5 Å². The Hall–Kier alpha value is -1.63. The molecule has 0 spiro atoms. The number of amides is 1. The van der Waals surface area contributed by atoms with Gasteiger partial charge in [0.15, 0.2) is 12.2 Å². The Bertz CT molecular complexity index is 628. The molecule has 1 aliphatic heterocycles. The van der Waals surface area contributed by atoms with Gasteiger partial charge < -0.3 is 14.8 Å². The topological polar surface area (TPSA) is 47.6 Å². The Morgan fingerprint density at radius 3 is 2.74 bits per heavy atom. The molecule has 0 saturated carbocycles. The normalized spacial score (nSPS) is 22.8. The number of hydrogen-bond donors (Lipinski definition) is 1. The van der Waals surface area contributed by atoms with E-state index in [0.29, 0.717) is 5.76 Å². The van der Waals surface area contributed by atoms with E-state index in [2.05, 4.69) is 21.2 Å². The Kier molecular flexibility index (Phi) is 5.29. The third-order valence-electron chi connectivity index (χ3n) is 3.14. The van der Waals surface area contributed by atoms with Crippen LogP contribution in [0.3, 0.4) is 0 Å². The Morgan fingerprint density at radius 2 is 2.13 bits per heavy atom. The summed E-state index contributed by atoms with van der Waals surface area (Å²) in [4.78, 5) is 13.5. The van der Waals surface area contributed by atoms with Crippen molar-refractivity contribution < 1.29 is 23.0 Å². The lowest BCUT2D eigenvalue weighted by atomic mass is 10.0. The first-order chi connectivity index (χ1) is 10.7. The number of rotatable bonds is 2. The van der Waals surface area contributed by atoms with Crippen LogP contribution >= 0.6 is 15.9 Å². The van der Waals surface area contributed by atoms with Crippen molar-refractivity contribution in [3.63, 3.8) is 0 Å². The van der Waals surface area contributed by atoms with Crippen molar-refractivity contribution >= 4 is 22.0 Å². The summed E-state index contributed by atoms with van der Waals surface area (Å²) in [6.07, 6.45) is -2.02. The second-order valence-electron chi connectivity index (χ2n) is 6.30. The zero-order valence-corrected chi connectivity index (χ0v) is 14.6. The molecule has 0 bridgehead atoms. The molecule has 0 unspecified atom stereocenters. The van der Waals surface area contributed by atoms with Crippen LogP contribution in [0.15, 0.2) is 28.9 Å². The van der Waals surface area contributed by atoms with Gasteiger partial charge >= 0.3 is 6.09 Å². The Morgan fingerprint density at radius 1 is 1.43 bits per heavy atom. The van der Waals surface area contributed by atoms with E-state index >= 15 is 0 Å². The average Bonchev–Trinajstić information content (AvgIpc) is 2.82. The van der Waals surface area contributed by atoms with E-state index in [1.165, 1.54) is 4.99 Å². The van der Waals surface area contributed by atoms with Gasteiger partial charge in [0.1, 0.15) is 17.4 Å². The van der Waals surface area contributed by atoms with Crippen molar-refractivity contribution in [1.29, 1.82) is 0 Å². The van der Waals surface area contributed by atoms with E-state index in [4.69, 9.17) is 9.47 Å². The molecule has 1 amide bonds. The highest BCUT2D eigenvalue weighted by molar-refractivity contribution is 9.11. The first kappa shape index (κ1) is 17.7. The second-order valence-corrected chi connectivity index (χ2v) is 6.76. The number of carbonyl (C=O) groups excluding carboxylic acids is 1. The number of ether oxygens (including phenoxy) is 2. The molecule has 1 N–H and O–H groups in total. The summed E-state index contributed by atoms with van der Waals surface area (Å²) in [5.41, 5.74) is -0.451. The van der Waals surface area contributed by atoms with Crippen LogP contribution < -0.4 is 5.32 Å². The van der Waals surface area contributed by atoms with Crippen LogP contribution in [-0.2, 0) is 9.47 Å². The number of halogens is 3. The van der Waals surface area contributed by atoms with Gasteiger partial charge in [0.2, 0.25) is 0 Å². The van der Waals surface area contributed by atoms with Crippen LogP contribution in [0.5, 0.6) is 0 Å².